The predicted octanol–water partition coefficient (Wildman–Crippen LogP) is 0.938. The van der Waals surface area contributed by atoms with Crippen LogP contribution in [0.4, 0.5) is 13.6 Å². The largest absolute Gasteiger partial charge is 0.492 e. The van der Waals surface area contributed by atoms with Crippen molar-refractivity contribution in [2.24, 2.45) is 5.73 Å². The lowest BCUT2D eigenvalue weighted by molar-refractivity contribution is 0.191. The summed E-state index contributed by atoms with van der Waals surface area (Å²) in [5.41, 5.74) is 5.52. The number of amides is 1. The lowest BCUT2D eigenvalue weighted by Gasteiger charge is -2.12. The third-order valence-electron chi connectivity index (χ3n) is 1.87. The first-order chi connectivity index (χ1) is 7.99. The van der Waals surface area contributed by atoms with E-state index in [1.54, 1.807) is 0 Å². The molecule has 94 valence electrons. The summed E-state index contributed by atoms with van der Waals surface area (Å²) in [6.45, 7) is 0.00433. The van der Waals surface area contributed by atoms with E-state index in [0.29, 0.717) is 0 Å². The highest BCUT2D eigenvalue weighted by Gasteiger charge is 2.07. The standard InChI is InChI=1S/C10H12F2N2O3/c11-8-2-1-7(3-9(8)12)17-5-6(13)4-14-10(15)16/h1-3,6,14H,4-5,13H2,(H,15,16). The van der Waals surface area contributed by atoms with Crippen molar-refractivity contribution in [2.75, 3.05) is 13.2 Å². The molecular weight excluding hydrogens is 234 g/mol. The number of rotatable bonds is 5. The van der Waals surface area contributed by atoms with Crippen LogP contribution < -0.4 is 15.8 Å². The van der Waals surface area contributed by atoms with Crippen molar-refractivity contribution in [1.82, 2.24) is 5.32 Å². The van der Waals surface area contributed by atoms with Crippen LogP contribution in [-0.2, 0) is 0 Å². The molecule has 0 bridgehead atoms. The number of hydrogen-bond acceptors (Lipinski definition) is 3. The van der Waals surface area contributed by atoms with E-state index in [0.717, 1.165) is 12.1 Å². The van der Waals surface area contributed by atoms with Gasteiger partial charge in [0.2, 0.25) is 0 Å². The average Bonchev–Trinajstić information content (AvgIpc) is 2.28. The maximum Gasteiger partial charge on any atom is 0.404 e. The molecule has 17 heavy (non-hydrogen) atoms. The Hall–Kier alpha value is -1.89. The van der Waals surface area contributed by atoms with Gasteiger partial charge in [0.1, 0.15) is 12.4 Å². The molecule has 1 unspecified atom stereocenters. The highest BCUT2D eigenvalue weighted by Crippen LogP contribution is 2.15. The number of nitrogens with two attached hydrogens (primary N) is 1. The molecule has 0 radical (unpaired) electrons. The molecule has 0 aliphatic carbocycles. The molecule has 0 aliphatic rings. The molecule has 5 nitrogen and oxygen atoms in total. The van der Waals surface area contributed by atoms with Crippen LogP contribution in [0.15, 0.2) is 18.2 Å². The minimum absolute atomic E-state index is 0.00858. The number of benzene rings is 1. The van der Waals surface area contributed by atoms with E-state index in [9.17, 15) is 13.6 Å². The Morgan fingerprint density at radius 1 is 1.47 bits per heavy atom. The second-order valence-electron chi connectivity index (χ2n) is 3.33. The van der Waals surface area contributed by atoms with Crippen LogP contribution >= 0.6 is 0 Å². The SMILES string of the molecule is NC(CNC(=O)O)COc1ccc(F)c(F)c1. The molecule has 0 aromatic heterocycles. The van der Waals surface area contributed by atoms with Crippen LogP contribution in [0.5, 0.6) is 5.75 Å². The van der Waals surface area contributed by atoms with E-state index in [-0.39, 0.29) is 18.9 Å². The van der Waals surface area contributed by atoms with Crippen molar-refractivity contribution in [3.63, 3.8) is 0 Å². The Morgan fingerprint density at radius 3 is 2.76 bits per heavy atom. The van der Waals surface area contributed by atoms with Gasteiger partial charge >= 0.3 is 6.09 Å². The van der Waals surface area contributed by atoms with Crippen LogP contribution in [0.2, 0.25) is 0 Å². The van der Waals surface area contributed by atoms with E-state index in [1.165, 1.54) is 6.07 Å². The third-order valence-corrected chi connectivity index (χ3v) is 1.87. The van der Waals surface area contributed by atoms with Gasteiger partial charge in [-0.05, 0) is 12.1 Å². The van der Waals surface area contributed by atoms with Gasteiger partial charge in [-0.3, -0.25) is 0 Å². The van der Waals surface area contributed by atoms with Crippen molar-refractivity contribution in [1.29, 1.82) is 0 Å². The van der Waals surface area contributed by atoms with Gasteiger partial charge in [0.15, 0.2) is 11.6 Å². The zero-order valence-electron chi connectivity index (χ0n) is 8.82. The first-order valence-electron chi connectivity index (χ1n) is 4.79. The summed E-state index contributed by atoms with van der Waals surface area (Å²) in [5, 5.41) is 10.4. The minimum Gasteiger partial charge on any atom is -0.492 e. The van der Waals surface area contributed by atoms with Crippen molar-refractivity contribution < 1.29 is 23.4 Å². The Morgan fingerprint density at radius 2 is 2.18 bits per heavy atom. The van der Waals surface area contributed by atoms with Gasteiger partial charge in [0, 0.05) is 12.6 Å². The van der Waals surface area contributed by atoms with Gasteiger partial charge < -0.3 is 20.9 Å². The maximum atomic E-state index is 12.8. The second kappa shape index (κ2) is 6.00. The summed E-state index contributed by atoms with van der Waals surface area (Å²) in [4.78, 5) is 10.2. The van der Waals surface area contributed by atoms with E-state index < -0.39 is 23.8 Å². The van der Waals surface area contributed by atoms with E-state index in [4.69, 9.17) is 15.6 Å². The molecule has 1 aromatic carbocycles. The smallest absolute Gasteiger partial charge is 0.404 e. The highest BCUT2D eigenvalue weighted by molar-refractivity contribution is 5.64. The van der Waals surface area contributed by atoms with Crippen molar-refractivity contribution in [2.45, 2.75) is 6.04 Å². The molecule has 1 aromatic rings. The zero-order valence-corrected chi connectivity index (χ0v) is 8.82. The van der Waals surface area contributed by atoms with E-state index in [2.05, 4.69) is 5.32 Å². The molecule has 0 aliphatic heterocycles. The number of carboxylic acid groups (broad SMARTS) is 1. The normalized spacial score (nSPS) is 11.9. The fourth-order valence-electron chi connectivity index (χ4n) is 1.05. The van der Waals surface area contributed by atoms with E-state index in [1.807, 2.05) is 0 Å². The minimum atomic E-state index is -1.19. The summed E-state index contributed by atoms with van der Waals surface area (Å²) in [6.07, 6.45) is -1.19. The van der Waals surface area contributed by atoms with E-state index >= 15 is 0 Å². The molecule has 0 spiro atoms. The summed E-state index contributed by atoms with van der Waals surface area (Å²) in [6, 6.07) is 2.52. The number of halogens is 2. The molecular formula is C10H12F2N2O3. The molecule has 0 heterocycles. The first kappa shape index (κ1) is 13.2. The molecule has 1 rings (SSSR count). The Bertz CT molecular complexity index is 401. The van der Waals surface area contributed by atoms with Crippen LogP contribution in [-0.4, -0.2) is 30.4 Å². The number of carbonyl (C=O) groups is 1. The summed E-state index contributed by atoms with van der Waals surface area (Å²) >= 11 is 0. The lowest BCUT2D eigenvalue weighted by Crippen LogP contribution is -2.40. The molecule has 0 saturated heterocycles. The zero-order chi connectivity index (χ0) is 12.8. The van der Waals surface area contributed by atoms with Crippen LogP contribution in [0.1, 0.15) is 0 Å². The van der Waals surface area contributed by atoms with Crippen LogP contribution in [0, 0.1) is 11.6 Å². The van der Waals surface area contributed by atoms with Gasteiger partial charge in [-0.2, -0.15) is 0 Å². The first-order valence-corrected chi connectivity index (χ1v) is 4.79. The number of hydrogen-bond donors (Lipinski definition) is 3. The highest BCUT2D eigenvalue weighted by atomic mass is 19.2. The molecule has 1 atom stereocenters. The summed E-state index contributed by atoms with van der Waals surface area (Å²) < 4.78 is 30.4. The topological polar surface area (TPSA) is 84.6 Å². The molecule has 0 fully saturated rings. The van der Waals surface area contributed by atoms with Gasteiger partial charge in [-0.25, -0.2) is 13.6 Å². The summed E-state index contributed by atoms with van der Waals surface area (Å²) in [7, 11) is 0. The van der Waals surface area contributed by atoms with Crippen molar-refractivity contribution >= 4 is 6.09 Å². The number of ether oxygens (including phenoxy) is 1. The third kappa shape index (κ3) is 4.64. The predicted molar refractivity (Wildman–Crippen MR) is 55.9 cm³/mol. The fourth-order valence-corrected chi connectivity index (χ4v) is 1.05. The molecule has 0 saturated carbocycles. The van der Waals surface area contributed by atoms with Crippen molar-refractivity contribution in [3.8, 4) is 5.75 Å². The molecule has 1 amide bonds. The Kier molecular flexibility index (Phi) is 4.65. The van der Waals surface area contributed by atoms with Gasteiger partial charge in [-0.15, -0.1) is 0 Å². The average molecular weight is 246 g/mol. The van der Waals surface area contributed by atoms with Crippen LogP contribution in [0.25, 0.3) is 0 Å². The Balaban J connectivity index is 2.39. The molecule has 7 heteroatoms. The van der Waals surface area contributed by atoms with Crippen molar-refractivity contribution in [3.05, 3.63) is 29.8 Å². The van der Waals surface area contributed by atoms with Gasteiger partial charge in [0.25, 0.3) is 0 Å². The molecule has 4 N–H and O–H groups in total. The van der Waals surface area contributed by atoms with Gasteiger partial charge in [0.05, 0.1) is 6.04 Å². The monoisotopic (exact) mass is 246 g/mol. The summed E-state index contributed by atoms with van der Waals surface area (Å²) in [5.74, 6) is -1.84. The maximum absolute atomic E-state index is 12.8. The van der Waals surface area contributed by atoms with Gasteiger partial charge in [-0.1, -0.05) is 0 Å². The number of nitrogens with one attached hydrogen (secondary N) is 1. The lowest BCUT2D eigenvalue weighted by atomic mass is 10.3. The second-order valence-corrected chi connectivity index (χ2v) is 3.33. The fraction of sp³-hybridized carbons (Fsp3) is 0.300. The Labute approximate surface area is 96.2 Å². The van der Waals surface area contributed by atoms with Crippen LogP contribution in [0.3, 0.4) is 0 Å². The quantitative estimate of drug-likeness (QED) is 0.721.